The number of aliphatic carboxylic acids is 1. The van der Waals surface area contributed by atoms with Crippen molar-refractivity contribution < 1.29 is 15.1 Å². The summed E-state index contributed by atoms with van der Waals surface area (Å²) in [6, 6.07) is 0. The van der Waals surface area contributed by atoms with Crippen LogP contribution in [0.1, 0.15) is 27.7 Å². The van der Waals surface area contributed by atoms with Gasteiger partial charge < -0.3 is 10.3 Å². The Morgan fingerprint density at radius 1 is 1.29 bits per heavy atom. The first-order chi connectivity index (χ1) is 6.13. The lowest BCUT2D eigenvalue weighted by atomic mass is 9.97. The lowest BCUT2D eigenvalue weighted by Crippen LogP contribution is -2.48. The lowest BCUT2D eigenvalue weighted by molar-refractivity contribution is -0.187. The van der Waals surface area contributed by atoms with E-state index in [1.165, 1.54) is 0 Å². The molecule has 80 valence electrons. The highest BCUT2D eigenvalue weighted by Gasteiger charge is 2.52. The summed E-state index contributed by atoms with van der Waals surface area (Å²) in [4.78, 5) is 11.0. The van der Waals surface area contributed by atoms with Crippen LogP contribution in [-0.4, -0.2) is 32.4 Å². The summed E-state index contributed by atoms with van der Waals surface area (Å²) in [7, 11) is 0. The van der Waals surface area contributed by atoms with Crippen molar-refractivity contribution >= 4 is 21.9 Å². The number of hydroxylamine groups is 2. The molecule has 0 aromatic carbocycles. The molecule has 0 aromatic rings. The van der Waals surface area contributed by atoms with Crippen molar-refractivity contribution in [3.05, 3.63) is 10.1 Å². The first-order valence-corrected chi connectivity index (χ1v) is 5.06. The minimum Gasteiger partial charge on any atom is -0.478 e. The smallest absolute Gasteiger partial charge is 0.334 e. The fourth-order valence-corrected chi connectivity index (χ4v) is 2.65. The molecule has 5 heteroatoms. The lowest BCUT2D eigenvalue weighted by Gasteiger charge is -2.35. The van der Waals surface area contributed by atoms with Crippen LogP contribution in [0.25, 0.3) is 0 Å². The van der Waals surface area contributed by atoms with E-state index in [1.54, 1.807) is 27.7 Å². The van der Waals surface area contributed by atoms with Gasteiger partial charge in [-0.1, -0.05) is 15.9 Å². The topological polar surface area (TPSA) is 60.8 Å². The molecule has 0 radical (unpaired) electrons. The molecule has 0 unspecified atom stereocenters. The second-order valence-corrected chi connectivity index (χ2v) is 5.22. The minimum atomic E-state index is -1.01. The predicted octanol–water partition coefficient (Wildman–Crippen LogP) is 1.98. The number of hydrogen-bond donors (Lipinski definition) is 2. The average Bonchev–Trinajstić information content (AvgIpc) is 2.10. The van der Waals surface area contributed by atoms with Gasteiger partial charge in [0.2, 0.25) is 0 Å². The standard InChI is InChI=1S/C9H14BrNO3/c1-8(2)5(7(12)13)6(10)9(3,4)11(8)14/h14H,1-4H3,(H,12,13). The monoisotopic (exact) mass is 263 g/mol. The second kappa shape index (κ2) is 3.05. The highest BCUT2D eigenvalue weighted by Crippen LogP contribution is 2.46. The van der Waals surface area contributed by atoms with Crippen molar-refractivity contribution in [3.8, 4) is 0 Å². The molecule has 14 heavy (non-hydrogen) atoms. The van der Waals surface area contributed by atoms with E-state index in [4.69, 9.17) is 5.11 Å². The Morgan fingerprint density at radius 3 is 1.86 bits per heavy atom. The second-order valence-electron chi connectivity index (χ2n) is 4.42. The van der Waals surface area contributed by atoms with Crippen molar-refractivity contribution in [1.82, 2.24) is 5.06 Å². The van der Waals surface area contributed by atoms with Gasteiger partial charge in [0.1, 0.15) is 0 Å². The fourth-order valence-electron chi connectivity index (χ4n) is 1.83. The minimum absolute atomic E-state index is 0.199. The normalized spacial score (nSPS) is 25.6. The number of carboxylic acids is 1. The van der Waals surface area contributed by atoms with Gasteiger partial charge in [0.05, 0.1) is 16.7 Å². The molecule has 1 heterocycles. The Bertz CT molecular complexity index is 320. The van der Waals surface area contributed by atoms with Gasteiger partial charge in [-0.2, -0.15) is 5.06 Å². The Labute approximate surface area is 91.3 Å². The van der Waals surface area contributed by atoms with E-state index < -0.39 is 17.0 Å². The largest absolute Gasteiger partial charge is 0.478 e. The summed E-state index contributed by atoms with van der Waals surface area (Å²) >= 11 is 3.24. The number of nitrogens with zero attached hydrogens (tertiary/aromatic N) is 1. The number of carbonyl (C=O) groups is 1. The summed E-state index contributed by atoms with van der Waals surface area (Å²) in [6.07, 6.45) is 0. The molecule has 0 spiro atoms. The molecule has 0 aromatic heterocycles. The van der Waals surface area contributed by atoms with Crippen LogP contribution in [-0.2, 0) is 4.79 Å². The zero-order valence-corrected chi connectivity index (χ0v) is 10.2. The van der Waals surface area contributed by atoms with E-state index in [-0.39, 0.29) is 5.57 Å². The van der Waals surface area contributed by atoms with Crippen LogP contribution >= 0.6 is 15.9 Å². The van der Waals surface area contributed by atoms with Gasteiger partial charge in [-0.25, -0.2) is 4.79 Å². The molecular weight excluding hydrogens is 250 g/mol. The molecule has 2 N–H and O–H groups in total. The number of halogens is 1. The van der Waals surface area contributed by atoms with Crippen molar-refractivity contribution in [1.29, 1.82) is 0 Å². The van der Waals surface area contributed by atoms with Gasteiger partial charge in [-0.15, -0.1) is 0 Å². The van der Waals surface area contributed by atoms with Gasteiger partial charge in [-0.3, -0.25) is 0 Å². The third-order valence-corrected chi connectivity index (χ3v) is 4.01. The molecular formula is C9H14BrNO3. The van der Waals surface area contributed by atoms with Crippen molar-refractivity contribution in [3.63, 3.8) is 0 Å². The Kier molecular flexibility index (Phi) is 2.54. The molecule has 1 aliphatic heterocycles. The van der Waals surface area contributed by atoms with E-state index in [0.717, 1.165) is 5.06 Å². The maximum absolute atomic E-state index is 11.0. The van der Waals surface area contributed by atoms with Crippen molar-refractivity contribution in [2.24, 2.45) is 0 Å². The molecule has 0 atom stereocenters. The quantitative estimate of drug-likeness (QED) is 0.760. The fraction of sp³-hybridized carbons (Fsp3) is 0.667. The molecule has 1 aliphatic rings. The van der Waals surface area contributed by atoms with Gasteiger partial charge in [-0.05, 0) is 27.7 Å². The molecule has 0 saturated heterocycles. The van der Waals surface area contributed by atoms with Gasteiger partial charge >= 0.3 is 5.97 Å². The highest BCUT2D eigenvalue weighted by atomic mass is 79.9. The van der Waals surface area contributed by atoms with Crippen LogP contribution in [0.15, 0.2) is 10.1 Å². The van der Waals surface area contributed by atoms with E-state index >= 15 is 0 Å². The number of hydrogen-bond acceptors (Lipinski definition) is 3. The van der Waals surface area contributed by atoms with Crippen molar-refractivity contribution in [2.75, 3.05) is 0 Å². The third-order valence-electron chi connectivity index (χ3n) is 2.64. The maximum atomic E-state index is 11.0. The molecule has 0 saturated carbocycles. The highest BCUT2D eigenvalue weighted by molar-refractivity contribution is 9.11. The maximum Gasteiger partial charge on any atom is 0.334 e. The van der Waals surface area contributed by atoms with Gasteiger partial charge in [0.25, 0.3) is 0 Å². The zero-order valence-electron chi connectivity index (χ0n) is 8.63. The van der Waals surface area contributed by atoms with Crippen LogP contribution < -0.4 is 0 Å². The summed E-state index contributed by atoms with van der Waals surface area (Å²) in [5.74, 6) is -1.01. The molecule has 4 nitrogen and oxygen atoms in total. The Hall–Kier alpha value is -0.390. The van der Waals surface area contributed by atoms with Crippen LogP contribution in [0.3, 0.4) is 0 Å². The number of carboxylic acid groups (broad SMARTS) is 1. The summed E-state index contributed by atoms with van der Waals surface area (Å²) < 4.78 is 0.519. The van der Waals surface area contributed by atoms with Crippen LogP contribution in [0, 0.1) is 0 Å². The third kappa shape index (κ3) is 1.31. The van der Waals surface area contributed by atoms with E-state index in [9.17, 15) is 10.0 Å². The van der Waals surface area contributed by atoms with Crippen molar-refractivity contribution in [2.45, 2.75) is 38.8 Å². The average molecular weight is 264 g/mol. The first-order valence-electron chi connectivity index (χ1n) is 4.26. The molecule has 1 rings (SSSR count). The zero-order chi connectivity index (χ0) is 11.3. The first kappa shape index (κ1) is 11.7. The SMILES string of the molecule is CC1(C)C(Br)=C(C(=O)O)C(C)(C)N1O. The van der Waals surface area contributed by atoms with Gasteiger partial charge in [0.15, 0.2) is 0 Å². The predicted molar refractivity (Wildman–Crippen MR) is 55.4 cm³/mol. The van der Waals surface area contributed by atoms with Crippen LogP contribution in [0.4, 0.5) is 0 Å². The van der Waals surface area contributed by atoms with E-state index in [1.807, 2.05) is 0 Å². The van der Waals surface area contributed by atoms with E-state index in [0.29, 0.717) is 4.48 Å². The summed E-state index contributed by atoms with van der Waals surface area (Å²) in [5.41, 5.74) is -1.38. The Balaban J connectivity index is 3.37. The molecule has 0 aliphatic carbocycles. The number of rotatable bonds is 1. The summed E-state index contributed by atoms with van der Waals surface area (Å²) in [6.45, 7) is 6.86. The molecule has 0 fully saturated rings. The molecule has 0 bridgehead atoms. The van der Waals surface area contributed by atoms with Crippen LogP contribution in [0.5, 0.6) is 0 Å². The van der Waals surface area contributed by atoms with Crippen LogP contribution in [0.2, 0.25) is 0 Å². The Morgan fingerprint density at radius 2 is 1.71 bits per heavy atom. The van der Waals surface area contributed by atoms with Gasteiger partial charge in [0, 0.05) is 4.48 Å². The summed E-state index contributed by atoms with van der Waals surface area (Å²) in [5, 5.41) is 20.0. The van der Waals surface area contributed by atoms with E-state index in [2.05, 4.69) is 15.9 Å². The molecule has 0 amide bonds.